The largest absolute Gasteiger partial charge is 0.497 e. The Kier molecular flexibility index (Phi) is 6.43. The van der Waals surface area contributed by atoms with Gasteiger partial charge in [0, 0.05) is 6.54 Å². The minimum absolute atomic E-state index is 0.0931. The molecule has 6 nitrogen and oxygen atoms in total. The summed E-state index contributed by atoms with van der Waals surface area (Å²) in [4.78, 5) is 11.9. The number of ether oxygens (including phenoxy) is 1. The summed E-state index contributed by atoms with van der Waals surface area (Å²) in [5, 5.41) is 10.7. The number of rotatable bonds is 8. The monoisotopic (exact) mass is 387 g/mol. The van der Waals surface area contributed by atoms with Gasteiger partial charge < -0.3 is 14.5 Å². The van der Waals surface area contributed by atoms with Crippen LogP contribution >= 0.6 is 11.8 Å². The van der Waals surface area contributed by atoms with Crippen LogP contribution in [0, 0.1) is 5.82 Å². The molecule has 8 heteroatoms. The van der Waals surface area contributed by atoms with Crippen molar-refractivity contribution in [3.05, 3.63) is 59.9 Å². The number of nitrogens with zero attached hydrogens (tertiary/aromatic N) is 2. The maximum atomic E-state index is 13.7. The first-order chi connectivity index (χ1) is 13.2. The number of halogens is 1. The minimum Gasteiger partial charge on any atom is -0.497 e. The van der Waals surface area contributed by atoms with E-state index in [4.69, 9.17) is 9.15 Å². The third-order valence-corrected chi connectivity index (χ3v) is 4.55. The van der Waals surface area contributed by atoms with Crippen LogP contribution in [0.25, 0.3) is 11.5 Å². The molecule has 0 unspecified atom stereocenters. The second kappa shape index (κ2) is 9.18. The molecule has 0 atom stereocenters. The molecule has 0 radical (unpaired) electrons. The standard InChI is InChI=1S/C19H18FN3O3S/c1-25-14-8-6-13(7-9-14)10-11-21-17(24)12-27-19-23-22-18(26-19)15-4-2-3-5-16(15)20/h2-9H,10-12H2,1H3,(H,21,24). The molecule has 0 spiro atoms. The average molecular weight is 387 g/mol. The lowest BCUT2D eigenvalue weighted by Crippen LogP contribution is -2.27. The van der Waals surface area contributed by atoms with Crippen LogP contribution in [0.5, 0.6) is 5.75 Å². The van der Waals surface area contributed by atoms with E-state index in [1.165, 1.54) is 6.07 Å². The topological polar surface area (TPSA) is 77.2 Å². The lowest BCUT2D eigenvalue weighted by atomic mass is 10.1. The highest BCUT2D eigenvalue weighted by Gasteiger charge is 2.13. The first-order valence-corrected chi connectivity index (χ1v) is 9.25. The highest BCUT2D eigenvalue weighted by Crippen LogP contribution is 2.24. The van der Waals surface area contributed by atoms with Crippen molar-refractivity contribution in [2.24, 2.45) is 0 Å². The Morgan fingerprint density at radius 2 is 1.96 bits per heavy atom. The highest BCUT2D eigenvalue weighted by atomic mass is 32.2. The van der Waals surface area contributed by atoms with E-state index in [0.29, 0.717) is 6.54 Å². The van der Waals surface area contributed by atoms with Gasteiger partial charge in [-0.1, -0.05) is 36.0 Å². The van der Waals surface area contributed by atoms with Crippen molar-refractivity contribution in [2.45, 2.75) is 11.6 Å². The molecule has 1 N–H and O–H groups in total. The van der Waals surface area contributed by atoms with Crippen molar-refractivity contribution >= 4 is 17.7 Å². The van der Waals surface area contributed by atoms with Crippen LogP contribution in [-0.4, -0.2) is 35.5 Å². The van der Waals surface area contributed by atoms with Crippen molar-refractivity contribution in [1.82, 2.24) is 15.5 Å². The van der Waals surface area contributed by atoms with Gasteiger partial charge in [0.1, 0.15) is 11.6 Å². The second-order valence-corrected chi connectivity index (χ2v) is 6.52. The molecule has 0 aliphatic carbocycles. The first-order valence-electron chi connectivity index (χ1n) is 8.26. The molecule has 0 bridgehead atoms. The van der Waals surface area contributed by atoms with Crippen LogP contribution in [0.15, 0.2) is 58.2 Å². The van der Waals surface area contributed by atoms with Gasteiger partial charge in [-0.05, 0) is 36.2 Å². The molecule has 0 aliphatic heterocycles. The van der Waals surface area contributed by atoms with Gasteiger partial charge in [-0.25, -0.2) is 4.39 Å². The third kappa shape index (κ3) is 5.30. The zero-order chi connectivity index (χ0) is 19.1. The Morgan fingerprint density at radius 3 is 2.70 bits per heavy atom. The maximum Gasteiger partial charge on any atom is 0.277 e. The van der Waals surface area contributed by atoms with E-state index in [-0.39, 0.29) is 28.3 Å². The van der Waals surface area contributed by atoms with E-state index in [0.717, 1.165) is 29.5 Å². The molecule has 1 aromatic heterocycles. The van der Waals surface area contributed by atoms with Crippen LogP contribution < -0.4 is 10.1 Å². The van der Waals surface area contributed by atoms with Gasteiger partial charge in [0.15, 0.2) is 0 Å². The summed E-state index contributed by atoms with van der Waals surface area (Å²) in [5.74, 6) is 0.457. The highest BCUT2D eigenvalue weighted by molar-refractivity contribution is 7.99. The van der Waals surface area contributed by atoms with E-state index >= 15 is 0 Å². The Bertz CT molecular complexity index is 899. The molecule has 3 rings (SSSR count). The Labute approximate surface area is 160 Å². The number of methoxy groups -OCH3 is 1. The van der Waals surface area contributed by atoms with Gasteiger partial charge in [-0.15, -0.1) is 10.2 Å². The fraction of sp³-hybridized carbons (Fsp3) is 0.211. The zero-order valence-corrected chi connectivity index (χ0v) is 15.5. The van der Waals surface area contributed by atoms with Gasteiger partial charge in [-0.2, -0.15) is 0 Å². The van der Waals surface area contributed by atoms with Crippen molar-refractivity contribution in [2.75, 3.05) is 19.4 Å². The van der Waals surface area contributed by atoms with E-state index in [1.807, 2.05) is 24.3 Å². The lowest BCUT2D eigenvalue weighted by molar-refractivity contribution is -0.118. The van der Waals surface area contributed by atoms with Crippen molar-refractivity contribution in [3.63, 3.8) is 0 Å². The number of hydrogen-bond donors (Lipinski definition) is 1. The summed E-state index contributed by atoms with van der Waals surface area (Å²) in [6.07, 6.45) is 0.721. The number of carbonyl (C=O) groups excluding carboxylic acids is 1. The third-order valence-electron chi connectivity index (χ3n) is 3.73. The number of benzene rings is 2. The van der Waals surface area contributed by atoms with Crippen LogP contribution in [0.2, 0.25) is 0 Å². The van der Waals surface area contributed by atoms with Gasteiger partial charge in [-0.3, -0.25) is 4.79 Å². The summed E-state index contributed by atoms with van der Waals surface area (Å²) in [6, 6.07) is 13.8. The number of carbonyl (C=O) groups is 1. The molecule has 0 saturated carbocycles. The number of amides is 1. The van der Waals surface area contributed by atoms with Gasteiger partial charge in [0.05, 0.1) is 18.4 Å². The minimum atomic E-state index is -0.436. The number of hydrogen-bond acceptors (Lipinski definition) is 6. The molecule has 0 fully saturated rings. The molecule has 27 heavy (non-hydrogen) atoms. The van der Waals surface area contributed by atoms with Crippen molar-refractivity contribution < 1.29 is 18.3 Å². The van der Waals surface area contributed by atoms with Crippen LogP contribution in [0.1, 0.15) is 5.56 Å². The Balaban J connectivity index is 1.43. The van der Waals surface area contributed by atoms with E-state index in [2.05, 4.69) is 15.5 Å². The smallest absolute Gasteiger partial charge is 0.277 e. The first kappa shape index (κ1) is 18.9. The van der Waals surface area contributed by atoms with E-state index < -0.39 is 5.82 Å². The lowest BCUT2D eigenvalue weighted by Gasteiger charge is -2.05. The molecule has 3 aromatic rings. The molecular weight excluding hydrogens is 369 g/mol. The molecule has 0 aliphatic rings. The van der Waals surface area contributed by atoms with Crippen LogP contribution in [-0.2, 0) is 11.2 Å². The molecule has 2 aromatic carbocycles. The summed E-state index contributed by atoms with van der Waals surface area (Å²) in [5.41, 5.74) is 1.34. The Morgan fingerprint density at radius 1 is 1.19 bits per heavy atom. The average Bonchev–Trinajstić information content (AvgIpc) is 3.16. The van der Waals surface area contributed by atoms with Crippen LogP contribution in [0.3, 0.4) is 0 Å². The van der Waals surface area contributed by atoms with Crippen molar-refractivity contribution in [3.8, 4) is 17.2 Å². The Hall–Kier alpha value is -2.87. The summed E-state index contributed by atoms with van der Waals surface area (Å²) >= 11 is 1.11. The summed E-state index contributed by atoms with van der Waals surface area (Å²) in [7, 11) is 1.62. The van der Waals surface area contributed by atoms with Gasteiger partial charge in [0.2, 0.25) is 5.91 Å². The predicted octanol–water partition coefficient (Wildman–Crippen LogP) is 3.34. The van der Waals surface area contributed by atoms with Gasteiger partial charge >= 0.3 is 0 Å². The number of thioether (sulfide) groups is 1. The van der Waals surface area contributed by atoms with Gasteiger partial charge in [0.25, 0.3) is 11.1 Å². The summed E-state index contributed by atoms with van der Waals surface area (Å²) in [6.45, 7) is 0.524. The molecule has 140 valence electrons. The van der Waals surface area contributed by atoms with E-state index in [9.17, 15) is 9.18 Å². The number of nitrogens with one attached hydrogen (secondary N) is 1. The SMILES string of the molecule is COc1ccc(CCNC(=O)CSc2nnc(-c3ccccc3F)o2)cc1. The van der Waals surface area contributed by atoms with E-state index in [1.54, 1.807) is 25.3 Å². The quantitative estimate of drug-likeness (QED) is 0.598. The summed E-state index contributed by atoms with van der Waals surface area (Å²) < 4.78 is 24.2. The fourth-order valence-electron chi connectivity index (χ4n) is 2.33. The second-order valence-electron chi connectivity index (χ2n) is 5.59. The maximum absolute atomic E-state index is 13.7. The molecule has 1 heterocycles. The normalized spacial score (nSPS) is 10.6. The predicted molar refractivity (Wildman–Crippen MR) is 100 cm³/mol. The molecular formula is C19H18FN3O3S. The molecule has 1 amide bonds. The van der Waals surface area contributed by atoms with Crippen LogP contribution in [0.4, 0.5) is 4.39 Å². The zero-order valence-electron chi connectivity index (χ0n) is 14.6. The van der Waals surface area contributed by atoms with Crippen molar-refractivity contribution in [1.29, 1.82) is 0 Å². The fourth-order valence-corrected chi connectivity index (χ4v) is 2.92. The molecule has 0 saturated heterocycles. The number of aromatic nitrogens is 2.